The highest BCUT2D eigenvalue weighted by Crippen LogP contribution is 2.22. The maximum Gasteiger partial charge on any atom is 0.316 e. The average Bonchev–Trinajstić information content (AvgIpc) is 2.43. The minimum Gasteiger partial charge on any atom is -0.481 e. The van der Waals surface area contributed by atoms with E-state index in [1.165, 1.54) is 51.2 Å². The van der Waals surface area contributed by atoms with Crippen molar-refractivity contribution in [3.8, 4) is 0 Å². The van der Waals surface area contributed by atoms with Gasteiger partial charge in [0, 0.05) is 0 Å². The van der Waals surface area contributed by atoms with Gasteiger partial charge in [0.15, 0.2) is 0 Å². The fourth-order valence-electron chi connectivity index (χ4n) is 2.18. The number of carboxylic acid groups (broad SMARTS) is 1. The molecule has 0 rings (SSSR count). The monoisotopic (exact) mass is 312 g/mol. The first-order valence-electron chi connectivity index (χ1n) is 8.48. The highest BCUT2D eigenvalue weighted by molar-refractivity contribution is 5.82. The van der Waals surface area contributed by atoms with Crippen LogP contribution in [0.25, 0.3) is 0 Å². The first-order chi connectivity index (χ1) is 10.4. The van der Waals surface area contributed by atoms with Crippen LogP contribution in [0.3, 0.4) is 0 Å². The minimum absolute atomic E-state index is 0.224. The number of allylic oxidation sites excluding steroid dienone is 1. The number of aliphatic carboxylic acids is 1. The zero-order chi connectivity index (χ0) is 16.8. The van der Waals surface area contributed by atoms with Gasteiger partial charge in [0.25, 0.3) is 0 Å². The van der Waals surface area contributed by atoms with Crippen LogP contribution in [0.15, 0.2) is 12.3 Å². The Labute approximate surface area is 134 Å². The lowest BCUT2D eigenvalue weighted by Crippen LogP contribution is -2.28. The zero-order valence-corrected chi connectivity index (χ0v) is 14.4. The number of carbonyl (C=O) groups is 2. The molecule has 0 heterocycles. The fraction of sp³-hybridized carbons (Fsp3) is 0.778. The number of carbonyl (C=O) groups excluding carboxylic acids is 1. The fourth-order valence-corrected chi connectivity index (χ4v) is 2.18. The number of esters is 1. The van der Waals surface area contributed by atoms with Crippen LogP contribution in [0, 0.1) is 5.41 Å². The molecular weight excluding hydrogens is 280 g/mol. The molecule has 0 aliphatic rings. The van der Waals surface area contributed by atoms with Crippen molar-refractivity contribution in [3.63, 3.8) is 0 Å². The molecule has 0 saturated carbocycles. The molecule has 0 aromatic rings. The maximum atomic E-state index is 11.7. The van der Waals surface area contributed by atoms with Crippen molar-refractivity contribution in [1.82, 2.24) is 0 Å². The number of ether oxygens (including phenoxy) is 1. The van der Waals surface area contributed by atoms with Crippen LogP contribution in [-0.2, 0) is 14.3 Å². The van der Waals surface area contributed by atoms with E-state index in [1.807, 2.05) is 6.08 Å². The number of hydrogen-bond acceptors (Lipinski definition) is 3. The van der Waals surface area contributed by atoms with Crippen molar-refractivity contribution in [2.75, 3.05) is 0 Å². The van der Waals surface area contributed by atoms with Crippen molar-refractivity contribution in [1.29, 1.82) is 0 Å². The van der Waals surface area contributed by atoms with Gasteiger partial charge in [0.2, 0.25) is 0 Å². The van der Waals surface area contributed by atoms with Gasteiger partial charge in [-0.3, -0.25) is 9.59 Å². The quantitative estimate of drug-likeness (QED) is 0.293. The summed E-state index contributed by atoms with van der Waals surface area (Å²) < 4.78 is 5.00. The molecule has 0 saturated heterocycles. The van der Waals surface area contributed by atoms with E-state index in [0.29, 0.717) is 0 Å². The largest absolute Gasteiger partial charge is 0.481 e. The van der Waals surface area contributed by atoms with Gasteiger partial charge in [0.05, 0.1) is 18.1 Å². The van der Waals surface area contributed by atoms with Gasteiger partial charge in [-0.1, -0.05) is 51.9 Å². The molecule has 4 nitrogen and oxygen atoms in total. The Morgan fingerprint density at radius 1 is 1.00 bits per heavy atom. The molecule has 0 aromatic heterocycles. The molecule has 0 fully saturated rings. The normalized spacial score (nSPS) is 11.8. The summed E-state index contributed by atoms with van der Waals surface area (Å²) in [6.07, 6.45) is 14.1. The molecule has 0 amide bonds. The molecule has 128 valence electrons. The third kappa shape index (κ3) is 11.4. The third-order valence-electron chi connectivity index (χ3n) is 3.64. The Bertz CT molecular complexity index is 345. The highest BCUT2D eigenvalue weighted by atomic mass is 16.5. The van der Waals surface area contributed by atoms with Gasteiger partial charge in [0.1, 0.15) is 0 Å². The molecule has 0 atom stereocenters. The molecule has 1 N–H and O–H groups in total. The molecule has 0 spiro atoms. The Morgan fingerprint density at radius 3 is 2.09 bits per heavy atom. The smallest absolute Gasteiger partial charge is 0.316 e. The summed E-state index contributed by atoms with van der Waals surface area (Å²) in [4.78, 5) is 22.4. The SMILES string of the molecule is CCCCCCCCCCC=COC(=O)C(C)(C)CC(=O)O. The van der Waals surface area contributed by atoms with Gasteiger partial charge in [-0.25, -0.2) is 0 Å². The summed E-state index contributed by atoms with van der Waals surface area (Å²) in [5.74, 6) is -1.49. The van der Waals surface area contributed by atoms with Crippen LogP contribution >= 0.6 is 0 Å². The maximum absolute atomic E-state index is 11.7. The molecule has 4 heteroatoms. The van der Waals surface area contributed by atoms with Crippen molar-refractivity contribution < 1.29 is 19.4 Å². The highest BCUT2D eigenvalue weighted by Gasteiger charge is 2.31. The predicted molar refractivity (Wildman–Crippen MR) is 88.5 cm³/mol. The summed E-state index contributed by atoms with van der Waals surface area (Å²) >= 11 is 0. The predicted octanol–water partition coefficient (Wildman–Crippen LogP) is 5.08. The molecule has 0 unspecified atom stereocenters. The van der Waals surface area contributed by atoms with E-state index < -0.39 is 17.4 Å². The lowest BCUT2D eigenvalue weighted by molar-refractivity contribution is -0.154. The summed E-state index contributed by atoms with van der Waals surface area (Å²) in [5, 5.41) is 8.73. The second-order valence-electron chi connectivity index (χ2n) is 6.50. The van der Waals surface area contributed by atoms with Crippen LogP contribution in [0.1, 0.15) is 85.0 Å². The van der Waals surface area contributed by atoms with Gasteiger partial charge < -0.3 is 9.84 Å². The van der Waals surface area contributed by atoms with Crippen LogP contribution in [0.4, 0.5) is 0 Å². The van der Waals surface area contributed by atoms with E-state index in [2.05, 4.69) is 6.92 Å². The Hall–Kier alpha value is -1.32. The summed E-state index contributed by atoms with van der Waals surface area (Å²) in [5.41, 5.74) is -0.991. The summed E-state index contributed by atoms with van der Waals surface area (Å²) in [7, 11) is 0. The Morgan fingerprint density at radius 2 is 1.55 bits per heavy atom. The van der Waals surface area contributed by atoms with Gasteiger partial charge in [-0.05, 0) is 32.8 Å². The van der Waals surface area contributed by atoms with E-state index in [0.717, 1.165) is 12.8 Å². The molecule has 0 radical (unpaired) electrons. The number of carboxylic acids is 1. The second kappa shape index (κ2) is 12.2. The topological polar surface area (TPSA) is 63.6 Å². The van der Waals surface area contributed by atoms with E-state index in [1.54, 1.807) is 13.8 Å². The lowest BCUT2D eigenvalue weighted by atomic mass is 9.90. The van der Waals surface area contributed by atoms with Crippen molar-refractivity contribution in [2.45, 2.75) is 85.0 Å². The standard InChI is InChI=1S/C18H32O4/c1-4-5-6-7-8-9-10-11-12-13-14-22-17(21)18(2,3)15-16(19)20/h13-14H,4-12,15H2,1-3H3,(H,19,20). The van der Waals surface area contributed by atoms with Crippen LogP contribution in [-0.4, -0.2) is 17.0 Å². The first kappa shape index (κ1) is 20.7. The lowest BCUT2D eigenvalue weighted by Gasteiger charge is -2.18. The van der Waals surface area contributed by atoms with Crippen LogP contribution < -0.4 is 0 Å². The van der Waals surface area contributed by atoms with E-state index in [4.69, 9.17) is 9.84 Å². The van der Waals surface area contributed by atoms with E-state index in [-0.39, 0.29) is 6.42 Å². The molecular formula is C18H32O4. The van der Waals surface area contributed by atoms with Crippen LogP contribution in [0.2, 0.25) is 0 Å². The molecule has 0 aromatic carbocycles. The number of unbranched alkanes of at least 4 members (excludes halogenated alkanes) is 8. The van der Waals surface area contributed by atoms with Gasteiger partial charge in [-0.2, -0.15) is 0 Å². The summed E-state index contributed by atoms with van der Waals surface area (Å²) in [6.45, 7) is 5.38. The van der Waals surface area contributed by atoms with Crippen molar-refractivity contribution in [2.24, 2.45) is 5.41 Å². The van der Waals surface area contributed by atoms with E-state index >= 15 is 0 Å². The number of hydrogen-bond donors (Lipinski definition) is 1. The molecule has 22 heavy (non-hydrogen) atoms. The second-order valence-corrected chi connectivity index (χ2v) is 6.50. The van der Waals surface area contributed by atoms with Crippen molar-refractivity contribution >= 4 is 11.9 Å². The molecule has 0 aliphatic heterocycles. The van der Waals surface area contributed by atoms with Crippen LogP contribution in [0.5, 0.6) is 0 Å². The zero-order valence-electron chi connectivity index (χ0n) is 14.4. The average molecular weight is 312 g/mol. The molecule has 0 bridgehead atoms. The van der Waals surface area contributed by atoms with E-state index in [9.17, 15) is 9.59 Å². The first-order valence-corrected chi connectivity index (χ1v) is 8.48. The van der Waals surface area contributed by atoms with Gasteiger partial charge in [-0.15, -0.1) is 0 Å². The van der Waals surface area contributed by atoms with Crippen molar-refractivity contribution in [3.05, 3.63) is 12.3 Å². The summed E-state index contributed by atoms with van der Waals surface area (Å²) in [6, 6.07) is 0. The Balaban J connectivity index is 3.62. The number of rotatable bonds is 13. The van der Waals surface area contributed by atoms with Gasteiger partial charge >= 0.3 is 11.9 Å². The third-order valence-corrected chi connectivity index (χ3v) is 3.64. The minimum atomic E-state index is -0.995. The Kier molecular flexibility index (Phi) is 11.5. The molecule has 0 aliphatic carbocycles.